The molecule has 1 aromatic rings. The van der Waals surface area contributed by atoms with Gasteiger partial charge in [-0.05, 0) is 12.1 Å². The summed E-state index contributed by atoms with van der Waals surface area (Å²) in [5.74, 6) is 0.326. The Kier molecular flexibility index (Phi) is 4.34. The Morgan fingerprint density at radius 2 is 2.07 bits per heavy atom. The summed E-state index contributed by atoms with van der Waals surface area (Å²) in [6, 6.07) is 8.88. The number of nitrogens with zero attached hydrogens (tertiary/aromatic N) is 1. The second kappa shape index (κ2) is 5.80. The topological polar surface area (TPSA) is 46.6 Å². The van der Waals surface area contributed by atoms with Crippen molar-refractivity contribution in [1.29, 1.82) is 0 Å². The van der Waals surface area contributed by atoms with Gasteiger partial charge < -0.3 is 9.63 Å². The first kappa shape index (κ1) is 11.2. The fourth-order valence-electron chi connectivity index (χ4n) is 1.04. The Bertz CT molecular complexity index is 324. The van der Waals surface area contributed by atoms with Crippen LogP contribution in [0.15, 0.2) is 30.3 Å². The third kappa shape index (κ3) is 3.42. The van der Waals surface area contributed by atoms with Crippen molar-refractivity contribution in [3.8, 4) is 5.75 Å². The maximum absolute atomic E-state index is 11.3. The number of hydrogen-bond donors (Lipinski definition) is 0. The number of hydroxylamine groups is 2. The zero-order chi connectivity index (χ0) is 11.1. The van der Waals surface area contributed by atoms with E-state index in [9.17, 15) is 9.59 Å². The molecule has 0 aliphatic heterocycles. The summed E-state index contributed by atoms with van der Waals surface area (Å²) in [5, 5.41) is 1.06. The van der Waals surface area contributed by atoms with Gasteiger partial charge in [0.05, 0.1) is 0 Å². The molecular formula is C11H13NO3. The third-order valence-corrected chi connectivity index (χ3v) is 1.78. The molecule has 0 heterocycles. The summed E-state index contributed by atoms with van der Waals surface area (Å²) >= 11 is 0. The molecule has 15 heavy (non-hydrogen) atoms. The van der Waals surface area contributed by atoms with E-state index in [2.05, 4.69) is 0 Å². The number of carbonyl (C=O) groups excluding carboxylic acids is 2. The highest BCUT2D eigenvalue weighted by atomic mass is 16.7. The maximum atomic E-state index is 11.3. The van der Waals surface area contributed by atoms with Crippen LogP contribution < -0.4 is 4.84 Å². The van der Waals surface area contributed by atoms with Crippen molar-refractivity contribution in [2.75, 3.05) is 6.54 Å². The lowest BCUT2D eigenvalue weighted by Crippen LogP contribution is -2.35. The average Bonchev–Trinajstić information content (AvgIpc) is 2.29. The summed E-state index contributed by atoms with van der Waals surface area (Å²) < 4.78 is 0. The summed E-state index contributed by atoms with van der Waals surface area (Å²) in [6.45, 7) is 1.66. The summed E-state index contributed by atoms with van der Waals surface area (Å²) in [4.78, 5) is 27.0. The van der Waals surface area contributed by atoms with Gasteiger partial charge in [0.15, 0.2) is 5.75 Å². The third-order valence-electron chi connectivity index (χ3n) is 1.78. The molecule has 4 heteroatoms. The number of amides is 1. The highest BCUT2D eigenvalue weighted by Crippen LogP contribution is 2.10. The van der Waals surface area contributed by atoms with Crippen LogP contribution in [0.3, 0.4) is 0 Å². The van der Waals surface area contributed by atoms with Crippen molar-refractivity contribution in [2.24, 2.45) is 0 Å². The number of para-hydroxylation sites is 1. The molecule has 0 atom stereocenters. The van der Waals surface area contributed by atoms with E-state index in [1.807, 2.05) is 6.07 Å². The van der Waals surface area contributed by atoms with Crippen LogP contribution in [0, 0.1) is 0 Å². The van der Waals surface area contributed by atoms with E-state index in [4.69, 9.17) is 4.84 Å². The molecule has 0 spiro atoms. The van der Waals surface area contributed by atoms with Gasteiger partial charge >= 0.3 is 0 Å². The normalized spacial score (nSPS) is 9.40. The molecule has 1 rings (SSSR count). The SMILES string of the molecule is CCC(=O)N(CC=O)Oc1ccccc1. The minimum atomic E-state index is -0.217. The molecule has 0 unspecified atom stereocenters. The van der Waals surface area contributed by atoms with E-state index >= 15 is 0 Å². The lowest BCUT2D eigenvalue weighted by atomic mass is 10.3. The van der Waals surface area contributed by atoms with E-state index < -0.39 is 0 Å². The molecule has 0 saturated carbocycles. The molecule has 80 valence electrons. The van der Waals surface area contributed by atoms with E-state index in [1.54, 1.807) is 31.2 Å². The van der Waals surface area contributed by atoms with Crippen LogP contribution in [0.1, 0.15) is 13.3 Å². The van der Waals surface area contributed by atoms with Gasteiger partial charge in [-0.2, -0.15) is 5.06 Å². The molecule has 0 N–H and O–H groups in total. The lowest BCUT2D eigenvalue weighted by molar-refractivity contribution is -0.158. The number of hydrogen-bond acceptors (Lipinski definition) is 3. The van der Waals surface area contributed by atoms with E-state index in [1.165, 1.54) is 0 Å². The quantitative estimate of drug-likeness (QED) is 0.542. The number of rotatable bonds is 5. The van der Waals surface area contributed by atoms with E-state index in [-0.39, 0.29) is 12.5 Å². The van der Waals surface area contributed by atoms with Crippen LogP contribution >= 0.6 is 0 Å². The highest BCUT2D eigenvalue weighted by Gasteiger charge is 2.12. The molecule has 0 aromatic heterocycles. The second-order valence-corrected chi connectivity index (χ2v) is 2.88. The molecule has 0 saturated heterocycles. The van der Waals surface area contributed by atoms with Gasteiger partial charge in [-0.25, -0.2) is 0 Å². The van der Waals surface area contributed by atoms with Crippen molar-refractivity contribution in [3.63, 3.8) is 0 Å². The first-order valence-electron chi connectivity index (χ1n) is 4.75. The molecule has 0 bridgehead atoms. The van der Waals surface area contributed by atoms with Gasteiger partial charge in [0, 0.05) is 6.42 Å². The first-order valence-corrected chi connectivity index (χ1v) is 4.75. The molecule has 1 amide bonds. The smallest absolute Gasteiger partial charge is 0.255 e. The van der Waals surface area contributed by atoms with Gasteiger partial charge in [-0.15, -0.1) is 0 Å². The van der Waals surface area contributed by atoms with Crippen LogP contribution in [-0.4, -0.2) is 23.8 Å². The Morgan fingerprint density at radius 1 is 1.40 bits per heavy atom. The van der Waals surface area contributed by atoms with Gasteiger partial charge in [0.1, 0.15) is 12.8 Å². The van der Waals surface area contributed by atoms with Crippen LogP contribution in [-0.2, 0) is 9.59 Å². The number of benzene rings is 1. The fraction of sp³-hybridized carbons (Fsp3) is 0.273. The molecule has 0 fully saturated rings. The van der Waals surface area contributed by atoms with Crippen molar-refractivity contribution in [3.05, 3.63) is 30.3 Å². The van der Waals surface area contributed by atoms with Crippen LogP contribution in [0.4, 0.5) is 0 Å². The zero-order valence-corrected chi connectivity index (χ0v) is 8.55. The Hall–Kier alpha value is -1.84. The highest BCUT2D eigenvalue weighted by molar-refractivity contribution is 5.77. The number of aldehydes is 1. The monoisotopic (exact) mass is 207 g/mol. The molecule has 4 nitrogen and oxygen atoms in total. The summed E-state index contributed by atoms with van der Waals surface area (Å²) in [7, 11) is 0. The molecule has 1 aromatic carbocycles. The maximum Gasteiger partial charge on any atom is 0.255 e. The first-order chi connectivity index (χ1) is 7.27. The van der Waals surface area contributed by atoms with Crippen molar-refractivity contribution in [2.45, 2.75) is 13.3 Å². The minimum Gasteiger partial charge on any atom is -0.376 e. The largest absolute Gasteiger partial charge is 0.376 e. The Morgan fingerprint density at radius 3 is 2.60 bits per heavy atom. The van der Waals surface area contributed by atoms with Gasteiger partial charge in [-0.1, -0.05) is 25.1 Å². The van der Waals surface area contributed by atoms with Crippen LogP contribution in [0.5, 0.6) is 5.75 Å². The van der Waals surface area contributed by atoms with E-state index in [0.29, 0.717) is 18.5 Å². The van der Waals surface area contributed by atoms with Gasteiger partial charge in [-0.3, -0.25) is 4.79 Å². The van der Waals surface area contributed by atoms with Crippen LogP contribution in [0.25, 0.3) is 0 Å². The van der Waals surface area contributed by atoms with Gasteiger partial charge in [0.25, 0.3) is 5.91 Å². The average molecular weight is 207 g/mol. The number of carbonyl (C=O) groups is 2. The molecule has 0 radical (unpaired) electrons. The standard InChI is InChI=1S/C11H13NO3/c1-2-11(14)12(8-9-13)15-10-6-4-3-5-7-10/h3-7,9H,2,8H2,1H3. The van der Waals surface area contributed by atoms with Crippen molar-refractivity contribution in [1.82, 2.24) is 5.06 Å². The van der Waals surface area contributed by atoms with Crippen molar-refractivity contribution >= 4 is 12.2 Å². The summed E-state index contributed by atoms with van der Waals surface area (Å²) in [5.41, 5.74) is 0. The predicted octanol–water partition coefficient (Wildman–Crippen LogP) is 1.42. The lowest BCUT2D eigenvalue weighted by Gasteiger charge is -2.19. The second-order valence-electron chi connectivity index (χ2n) is 2.88. The Balaban J connectivity index is 2.66. The van der Waals surface area contributed by atoms with Crippen LogP contribution in [0.2, 0.25) is 0 Å². The summed E-state index contributed by atoms with van der Waals surface area (Å²) in [6.07, 6.45) is 0.942. The predicted molar refractivity (Wildman–Crippen MR) is 55.1 cm³/mol. The minimum absolute atomic E-state index is 0.0540. The fourth-order valence-corrected chi connectivity index (χ4v) is 1.04. The zero-order valence-electron chi connectivity index (χ0n) is 8.55. The van der Waals surface area contributed by atoms with E-state index in [0.717, 1.165) is 5.06 Å². The molecule has 0 aliphatic carbocycles. The van der Waals surface area contributed by atoms with Gasteiger partial charge in [0.2, 0.25) is 0 Å². The molecule has 0 aliphatic rings. The van der Waals surface area contributed by atoms with Crippen molar-refractivity contribution < 1.29 is 14.4 Å². The molecular weight excluding hydrogens is 194 g/mol. The Labute approximate surface area is 88.4 Å².